The van der Waals surface area contributed by atoms with Crippen molar-refractivity contribution in [3.05, 3.63) is 34.3 Å². The van der Waals surface area contributed by atoms with Gasteiger partial charge in [-0.25, -0.2) is 0 Å². The fraction of sp³-hybridized carbons (Fsp3) is 0.364. The quantitative estimate of drug-likeness (QED) is 0.375. The Labute approximate surface area is 116 Å². The van der Waals surface area contributed by atoms with Crippen molar-refractivity contribution in [3.8, 4) is 0 Å². The summed E-state index contributed by atoms with van der Waals surface area (Å²) in [6, 6.07) is 6.98. The van der Waals surface area contributed by atoms with Gasteiger partial charge in [-0.3, -0.25) is 0 Å². The zero-order valence-corrected chi connectivity index (χ0v) is 11.3. The highest BCUT2D eigenvalue weighted by Crippen LogP contribution is 2.27. The number of nitrogens with two attached hydrogens (primary N) is 1. The number of hydrogen-bond acceptors (Lipinski definition) is 3. The van der Waals surface area contributed by atoms with Crippen LogP contribution in [-0.4, -0.2) is 23.8 Å². The number of amidine groups is 1. The van der Waals surface area contributed by atoms with Crippen LogP contribution in [0.2, 0.25) is 0 Å². The summed E-state index contributed by atoms with van der Waals surface area (Å²) in [6.45, 7) is -0.698. The van der Waals surface area contributed by atoms with Gasteiger partial charge in [0.15, 0.2) is 5.84 Å². The number of ether oxygens (including phenoxy) is 1. The summed E-state index contributed by atoms with van der Waals surface area (Å²) in [5.41, 5.74) is 5.72. The van der Waals surface area contributed by atoms with Crippen molar-refractivity contribution < 1.29 is 23.1 Å². The van der Waals surface area contributed by atoms with Gasteiger partial charge in [-0.15, -0.1) is 0 Å². The van der Waals surface area contributed by atoms with Gasteiger partial charge in [-0.05, 0) is 17.7 Å². The monoisotopic (exact) mass is 340 g/mol. The summed E-state index contributed by atoms with van der Waals surface area (Å²) < 4.78 is 43.5. The van der Waals surface area contributed by atoms with E-state index in [0.717, 1.165) is 10.0 Å². The molecular formula is C11H12BrF3N2O2. The maximum Gasteiger partial charge on any atom is 0.401 e. The summed E-state index contributed by atoms with van der Waals surface area (Å²) in [4.78, 5) is 0. The minimum atomic E-state index is -4.62. The molecule has 0 aliphatic carbocycles. The van der Waals surface area contributed by atoms with E-state index in [1.807, 2.05) is 0 Å². The van der Waals surface area contributed by atoms with Crippen molar-refractivity contribution in [2.24, 2.45) is 16.8 Å². The molecule has 1 rings (SSSR count). The molecule has 1 aromatic carbocycles. The van der Waals surface area contributed by atoms with Gasteiger partial charge in [0.1, 0.15) is 5.92 Å². The highest BCUT2D eigenvalue weighted by Gasteiger charge is 2.43. The Morgan fingerprint density at radius 1 is 1.47 bits per heavy atom. The molecule has 0 spiro atoms. The van der Waals surface area contributed by atoms with Crippen LogP contribution in [0.25, 0.3) is 0 Å². The standard InChI is InChI=1S/C11H12BrF3N2O2/c12-8-3-1-2-7(4-8)5-19-6-9(10(16)17-18)11(13,14)15/h1-4,9,18H,5-6H2,(H2,16,17). The molecule has 0 aliphatic heterocycles. The smallest absolute Gasteiger partial charge is 0.401 e. The van der Waals surface area contributed by atoms with E-state index in [1.54, 1.807) is 24.3 Å². The predicted molar refractivity (Wildman–Crippen MR) is 66.8 cm³/mol. The first-order valence-electron chi connectivity index (χ1n) is 5.21. The molecule has 0 saturated carbocycles. The van der Waals surface area contributed by atoms with Crippen LogP contribution in [0.3, 0.4) is 0 Å². The highest BCUT2D eigenvalue weighted by molar-refractivity contribution is 9.10. The number of alkyl halides is 3. The first-order valence-corrected chi connectivity index (χ1v) is 6.00. The van der Waals surface area contributed by atoms with Crippen molar-refractivity contribution in [2.75, 3.05) is 6.61 Å². The summed E-state index contributed by atoms with van der Waals surface area (Å²) >= 11 is 3.24. The van der Waals surface area contributed by atoms with Crippen LogP contribution >= 0.6 is 15.9 Å². The molecule has 0 bridgehead atoms. The van der Waals surface area contributed by atoms with Crippen LogP contribution in [0.4, 0.5) is 13.2 Å². The predicted octanol–water partition coefficient (Wildman–Crippen LogP) is 2.89. The summed E-state index contributed by atoms with van der Waals surface area (Å²) in [6.07, 6.45) is -4.62. The summed E-state index contributed by atoms with van der Waals surface area (Å²) in [7, 11) is 0. The lowest BCUT2D eigenvalue weighted by Crippen LogP contribution is -2.39. The maximum absolute atomic E-state index is 12.6. The van der Waals surface area contributed by atoms with Gasteiger partial charge in [0.05, 0.1) is 13.2 Å². The van der Waals surface area contributed by atoms with Crippen molar-refractivity contribution in [1.29, 1.82) is 0 Å². The van der Waals surface area contributed by atoms with Gasteiger partial charge in [-0.1, -0.05) is 33.2 Å². The van der Waals surface area contributed by atoms with E-state index in [-0.39, 0.29) is 6.61 Å². The van der Waals surface area contributed by atoms with Crippen LogP contribution in [0, 0.1) is 5.92 Å². The average molecular weight is 341 g/mol. The molecule has 0 fully saturated rings. The molecule has 1 aromatic rings. The van der Waals surface area contributed by atoms with E-state index in [4.69, 9.17) is 15.7 Å². The lowest BCUT2D eigenvalue weighted by molar-refractivity contribution is -0.169. The number of benzene rings is 1. The third-order valence-electron chi connectivity index (χ3n) is 2.31. The molecule has 1 atom stereocenters. The normalized spacial score (nSPS) is 14.4. The molecule has 0 aliphatic rings. The number of halogens is 4. The van der Waals surface area contributed by atoms with Gasteiger partial charge < -0.3 is 15.7 Å². The molecule has 0 aromatic heterocycles. The largest absolute Gasteiger partial charge is 0.409 e. The topological polar surface area (TPSA) is 67.8 Å². The van der Waals surface area contributed by atoms with Gasteiger partial charge in [-0.2, -0.15) is 13.2 Å². The Kier molecular flexibility index (Phi) is 5.61. The fourth-order valence-electron chi connectivity index (χ4n) is 1.34. The molecule has 4 nitrogen and oxygen atoms in total. The zero-order valence-electron chi connectivity index (χ0n) is 9.69. The minimum absolute atomic E-state index is 0.00469. The van der Waals surface area contributed by atoms with Crippen LogP contribution in [0.1, 0.15) is 5.56 Å². The van der Waals surface area contributed by atoms with Crippen molar-refractivity contribution >= 4 is 21.8 Å². The molecule has 106 valence electrons. The zero-order chi connectivity index (χ0) is 14.5. The molecule has 1 unspecified atom stereocenters. The van der Waals surface area contributed by atoms with Crippen molar-refractivity contribution in [3.63, 3.8) is 0 Å². The van der Waals surface area contributed by atoms with Gasteiger partial charge in [0.2, 0.25) is 0 Å². The van der Waals surface area contributed by atoms with Gasteiger partial charge in [0, 0.05) is 4.47 Å². The third kappa shape index (κ3) is 5.07. The highest BCUT2D eigenvalue weighted by atomic mass is 79.9. The van der Waals surface area contributed by atoms with Crippen LogP contribution < -0.4 is 5.73 Å². The van der Waals surface area contributed by atoms with Crippen molar-refractivity contribution in [2.45, 2.75) is 12.8 Å². The van der Waals surface area contributed by atoms with E-state index in [0.29, 0.717) is 0 Å². The molecule has 19 heavy (non-hydrogen) atoms. The Morgan fingerprint density at radius 3 is 2.68 bits per heavy atom. The van der Waals surface area contributed by atoms with E-state index in [9.17, 15) is 13.2 Å². The number of nitrogens with zero attached hydrogens (tertiary/aromatic N) is 1. The van der Waals surface area contributed by atoms with E-state index < -0.39 is 24.5 Å². The second-order valence-electron chi connectivity index (χ2n) is 3.76. The van der Waals surface area contributed by atoms with Crippen LogP contribution in [-0.2, 0) is 11.3 Å². The Bertz CT molecular complexity index is 452. The molecule has 0 amide bonds. The van der Waals surface area contributed by atoms with E-state index in [1.165, 1.54) is 0 Å². The number of oxime groups is 1. The lowest BCUT2D eigenvalue weighted by Gasteiger charge is -2.18. The number of rotatable bonds is 5. The second kappa shape index (κ2) is 6.76. The average Bonchev–Trinajstić information content (AvgIpc) is 2.32. The third-order valence-corrected chi connectivity index (χ3v) is 2.80. The number of hydrogen-bond donors (Lipinski definition) is 2. The molecule has 0 saturated heterocycles. The maximum atomic E-state index is 12.6. The Hall–Kier alpha value is -1.28. The summed E-state index contributed by atoms with van der Waals surface area (Å²) in [5.74, 6) is -3.04. The molecule has 0 heterocycles. The van der Waals surface area contributed by atoms with Crippen LogP contribution in [0.15, 0.2) is 33.9 Å². The molecule has 8 heteroatoms. The Balaban J connectivity index is 2.58. The van der Waals surface area contributed by atoms with Crippen molar-refractivity contribution in [1.82, 2.24) is 0 Å². The minimum Gasteiger partial charge on any atom is -0.409 e. The first-order chi connectivity index (χ1) is 8.84. The molecular weight excluding hydrogens is 329 g/mol. The SMILES string of the molecule is N/C(=N/O)C(COCc1cccc(Br)c1)C(F)(F)F. The van der Waals surface area contributed by atoms with Gasteiger partial charge >= 0.3 is 6.18 Å². The lowest BCUT2D eigenvalue weighted by atomic mass is 10.1. The van der Waals surface area contributed by atoms with Gasteiger partial charge in [0.25, 0.3) is 0 Å². The van der Waals surface area contributed by atoms with E-state index >= 15 is 0 Å². The Morgan fingerprint density at radius 2 is 2.16 bits per heavy atom. The molecule has 3 N–H and O–H groups in total. The molecule has 0 radical (unpaired) electrons. The fourth-order valence-corrected chi connectivity index (χ4v) is 1.79. The second-order valence-corrected chi connectivity index (χ2v) is 4.68. The van der Waals surface area contributed by atoms with Crippen LogP contribution in [0.5, 0.6) is 0 Å². The first kappa shape index (κ1) is 15.8. The van der Waals surface area contributed by atoms with E-state index in [2.05, 4.69) is 21.1 Å². The summed E-state index contributed by atoms with van der Waals surface area (Å²) in [5, 5.41) is 10.7.